The number of aryl methyl sites for hydroxylation is 2. The summed E-state index contributed by atoms with van der Waals surface area (Å²) in [6.07, 6.45) is 9.29. The summed E-state index contributed by atoms with van der Waals surface area (Å²) in [6, 6.07) is 4.08. The molecule has 0 saturated carbocycles. The highest BCUT2D eigenvalue weighted by molar-refractivity contribution is 5.61. The maximum Gasteiger partial charge on any atom is 0.130 e. The Morgan fingerprint density at radius 2 is 2.05 bits per heavy atom. The lowest BCUT2D eigenvalue weighted by Crippen LogP contribution is -2.09. The van der Waals surface area contributed by atoms with Crippen molar-refractivity contribution in [2.45, 2.75) is 19.9 Å². The summed E-state index contributed by atoms with van der Waals surface area (Å²) in [7, 11) is 1.91. The van der Waals surface area contributed by atoms with Crippen LogP contribution in [0.4, 0.5) is 5.82 Å². The van der Waals surface area contributed by atoms with E-state index < -0.39 is 0 Å². The van der Waals surface area contributed by atoms with Crippen molar-refractivity contribution in [3.05, 3.63) is 54.5 Å². The van der Waals surface area contributed by atoms with Gasteiger partial charge in [-0.15, -0.1) is 0 Å². The van der Waals surface area contributed by atoms with Crippen LogP contribution < -0.4 is 5.32 Å². The number of hydrogen-bond acceptors (Lipinski definition) is 5. The van der Waals surface area contributed by atoms with Crippen molar-refractivity contribution in [3.63, 3.8) is 0 Å². The van der Waals surface area contributed by atoms with Crippen LogP contribution in [-0.4, -0.2) is 24.7 Å². The molecular weight excluding hydrogens is 276 g/mol. The number of aromatic nitrogens is 5. The largest absolute Gasteiger partial charge is 0.363 e. The second-order valence-electron chi connectivity index (χ2n) is 5.26. The molecule has 0 spiro atoms. The third-order valence-electron chi connectivity index (χ3n) is 3.44. The van der Waals surface area contributed by atoms with Gasteiger partial charge in [-0.25, -0.2) is 9.97 Å². The number of hydrogen-bond donors (Lipinski definition) is 1. The van der Waals surface area contributed by atoms with Crippen molar-refractivity contribution in [3.8, 4) is 11.1 Å². The molecule has 112 valence electrons. The van der Waals surface area contributed by atoms with E-state index in [9.17, 15) is 0 Å². The van der Waals surface area contributed by atoms with Gasteiger partial charge in [0.1, 0.15) is 11.6 Å². The molecule has 1 unspecified atom stereocenters. The SMILES string of the molecule is Cc1nccc(NC(C)c2cncc(-c3cnn(C)c3)c2)n1. The van der Waals surface area contributed by atoms with Gasteiger partial charge in [0.25, 0.3) is 0 Å². The first-order valence-corrected chi connectivity index (χ1v) is 7.12. The van der Waals surface area contributed by atoms with Crippen LogP contribution in [0.2, 0.25) is 0 Å². The van der Waals surface area contributed by atoms with Gasteiger partial charge in [-0.3, -0.25) is 9.67 Å². The first-order chi connectivity index (χ1) is 10.6. The van der Waals surface area contributed by atoms with E-state index in [0.29, 0.717) is 0 Å². The fraction of sp³-hybridized carbons (Fsp3) is 0.250. The Bertz CT molecular complexity index is 780. The molecule has 0 aliphatic rings. The normalized spacial score (nSPS) is 12.1. The monoisotopic (exact) mass is 294 g/mol. The predicted molar refractivity (Wildman–Crippen MR) is 85.2 cm³/mol. The maximum atomic E-state index is 4.37. The maximum absolute atomic E-state index is 4.37. The van der Waals surface area contributed by atoms with E-state index in [4.69, 9.17) is 0 Å². The standard InChI is InChI=1S/C16H18N6/c1-11(20-16-4-5-18-12(2)21-16)13-6-14(8-17-7-13)15-9-19-22(3)10-15/h4-11H,1-3H3,(H,18,20,21). The van der Waals surface area contributed by atoms with E-state index in [0.717, 1.165) is 28.3 Å². The second-order valence-corrected chi connectivity index (χ2v) is 5.26. The molecule has 1 N–H and O–H groups in total. The number of nitrogens with one attached hydrogen (secondary N) is 1. The molecule has 0 aliphatic carbocycles. The highest BCUT2D eigenvalue weighted by Crippen LogP contribution is 2.23. The van der Waals surface area contributed by atoms with Crippen LogP contribution in [0.15, 0.2) is 43.1 Å². The number of rotatable bonds is 4. The molecule has 3 aromatic rings. The van der Waals surface area contributed by atoms with Crippen LogP contribution >= 0.6 is 0 Å². The van der Waals surface area contributed by atoms with E-state index >= 15 is 0 Å². The van der Waals surface area contributed by atoms with Gasteiger partial charge in [0.05, 0.1) is 12.2 Å². The van der Waals surface area contributed by atoms with E-state index in [-0.39, 0.29) is 6.04 Å². The summed E-state index contributed by atoms with van der Waals surface area (Å²) < 4.78 is 1.79. The predicted octanol–water partition coefficient (Wildman–Crippen LogP) is 2.75. The number of pyridine rings is 1. The zero-order valence-corrected chi connectivity index (χ0v) is 12.9. The molecule has 3 aromatic heterocycles. The minimum absolute atomic E-state index is 0.0958. The van der Waals surface area contributed by atoms with Crippen LogP contribution in [0.5, 0.6) is 0 Å². The summed E-state index contributed by atoms with van der Waals surface area (Å²) >= 11 is 0. The summed E-state index contributed by atoms with van der Waals surface area (Å²) in [4.78, 5) is 12.8. The van der Waals surface area contributed by atoms with Gasteiger partial charge in [0.15, 0.2) is 0 Å². The van der Waals surface area contributed by atoms with Crippen molar-refractivity contribution < 1.29 is 0 Å². The Kier molecular flexibility index (Phi) is 3.82. The summed E-state index contributed by atoms with van der Waals surface area (Å²) in [5, 5.41) is 7.57. The molecule has 0 radical (unpaired) electrons. The van der Waals surface area contributed by atoms with Crippen LogP contribution in [0.3, 0.4) is 0 Å². The van der Waals surface area contributed by atoms with E-state index in [1.807, 2.05) is 44.8 Å². The highest BCUT2D eigenvalue weighted by Gasteiger charge is 2.09. The average Bonchev–Trinajstić information content (AvgIpc) is 2.94. The topological polar surface area (TPSA) is 68.5 Å². The fourth-order valence-corrected chi connectivity index (χ4v) is 2.26. The minimum Gasteiger partial charge on any atom is -0.363 e. The molecule has 0 aromatic carbocycles. The minimum atomic E-state index is 0.0958. The first kappa shape index (κ1) is 14.2. The van der Waals surface area contributed by atoms with Gasteiger partial charge in [-0.05, 0) is 31.5 Å². The van der Waals surface area contributed by atoms with Crippen LogP contribution in [0, 0.1) is 6.92 Å². The molecule has 0 amide bonds. The molecule has 1 atom stereocenters. The lowest BCUT2D eigenvalue weighted by Gasteiger charge is -2.15. The summed E-state index contributed by atoms with van der Waals surface area (Å²) in [6.45, 7) is 3.96. The van der Waals surface area contributed by atoms with Gasteiger partial charge in [-0.1, -0.05) is 0 Å². The molecule has 0 fully saturated rings. The van der Waals surface area contributed by atoms with E-state index in [1.165, 1.54) is 0 Å². The Morgan fingerprint density at radius 1 is 1.18 bits per heavy atom. The molecule has 6 heteroatoms. The summed E-state index contributed by atoms with van der Waals surface area (Å²) in [5.74, 6) is 1.56. The highest BCUT2D eigenvalue weighted by atomic mass is 15.2. The number of nitrogens with zero attached hydrogens (tertiary/aromatic N) is 5. The van der Waals surface area contributed by atoms with Crippen LogP contribution in [0.25, 0.3) is 11.1 Å². The number of anilines is 1. The molecule has 6 nitrogen and oxygen atoms in total. The van der Waals surface area contributed by atoms with Gasteiger partial charge in [0, 0.05) is 43.0 Å². The van der Waals surface area contributed by atoms with Crippen molar-refractivity contribution >= 4 is 5.82 Å². The molecular formula is C16H18N6. The molecule has 0 aliphatic heterocycles. The van der Waals surface area contributed by atoms with Gasteiger partial charge < -0.3 is 5.32 Å². The smallest absolute Gasteiger partial charge is 0.130 e. The Morgan fingerprint density at radius 3 is 2.77 bits per heavy atom. The third-order valence-corrected chi connectivity index (χ3v) is 3.44. The molecule has 3 rings (SSSR count). The Balaban J connectivity index is 1.82. The van der Waals surface area contributed by atoms with Crippen molar-refractivity contribution in [1.29, 1.82) is 0 Å². The molecule has 22 heavy (non-hydrogen) atoms. The fourth-order valence-electron chi connectivity index (χ4n) is 2.26. The zero-order chi connectivity index (χ0) is 15.5. The van der Waals surface area contributed by atoms with Crippen LogP contribution in [0.1, 0.15) is 24.4 Å². The van der Waals surface area contributed by atoms with Crippen LogP contribution in [-0.2, 0) is 7.05 Å². The lowest BCUT2D eigenvalue weighted by molar-refractivity contribution is 0.768. The lowest BCUT2D eigenvalue weighted by atomic mass is 10.1. The second kappa shape index (κ2) is 5.93. The Hall–Kier alpha value is -2.76. The third kappa shape index (κ3) is 3.11. The van der Waals surface area contributed by atoms with Crippen molar-refractivity contribution in [1.82, 2.24) is 24.7 Å². The van der Waals surface area contributed by atoms with Gasteiger partial charge in [-0.2, -0.15) is 5.10 Å². The summed E-state index contributed by atoms with van der Waals surface area (Å²) in [5.41, 5.74) is 3.21. The molecule has 0 bridgehead atoms. The van der Waals surface area contributed by atoms with Crippen molar-refractivity contribution in [2.75, 3.05) is 5.32 Å². The van der Waals surface area contributed by atoms with E-state index in [2.05, 4.69) is 38.4 Å². The van der Waals surface area contributed by atoms with E-state index in [1.54, 1.807) is 10.9 Å². The molecule has 3 heterocycles. The first-order valence-electron chi connectivity index (χ1n) is 7.12. The van der Waals surface area contributed by atoms with Gasteiger partial charge >= 0.3 is 0 Å². The quantitative estimate of drug-likeness (QED) is 0.801. The molecule has 0 saturated heterocycles. The van der Waals surface area contributed by atoms with Crippen molar-refractivity contribution in [2.24, 2.45) is 7.05 Å². The zero-order valence-electron chi connectivity index (χ0n) is 12.9. The van der Waals surface area contributed by atoms with Gasteiger partial charge in [0.2, 0.25) is 0 Å². The average molecular weight is 294 g/mol. The Labute approximate surface area is 129 Å².